The minimum atomic E-state index is -1.66. The minimum Gasteiger partial charge on any atom is -0.237 e. The Morgan fingerprint density at radius 1 is 0.733 bits per heavy atom. The van der Waals surface area contributed by atoms with Gasteiger partial charge < -0.3 is 0 Å². The Balaban J connectivity index is 3.58. The number of alkyl halides is 5. The van der Waals surface area contributed by atoms with Crippen LogP contribution in [0.3, 0.4) is 0 Å². The molecule has 1 radical (unpaired) electrons. The van der Waals surface area contributed by atoms with Crippen LogP contribution >= 0.6 is 58.0 Å². The fourth-order valence-electron chi connectivity index (χ4n) is 1.12. The smallest absolute Gasteiger partial charge is 0.223 e. The van der Waals surface area contributed by atoms with Crippen molar-refractivity contribution < 1.29 is 5.11 Å². The lowest BCUT2D eigenvalue weighted by Crippen LogP contribution is -2.30. The summed E-state index contributed by atoms with van der Waals surface area (Å²) in [5, 5.41) is 10.2. The zero-order chi connectivity index (χ0) is 11.9. The first kappa shape index (κ1) is 16.4. The van der Waals surface area contributed by atoms with E-state index in [9.17, 15) is 5.11 Å². The maximum Gasteiger partial charge on any atom is 0.223 e. The molecular formula is C9H14Cl5O. The molecule has 0 bridgehead atoms. The molecule has 0 rings (SSSR count). The molecule has 0 saturated carbocycles. The van der Waals surface area contributed by atoms with Crippen LogP contribution in [0.1, 0.15) is 38.5 Å². The summed E-state index contributed by atoms with van der Waals surface area (Å²) in [5.41, 5.74) is 0. The van der Waals surface area contributed by atoms with Crippen LogP contribution in [0.15, 0.2) is 0 Å². The van der Waals surface area contributed by atoms with Crippen molar-refractivity contribution >= 4 is 58.0 Å². The molecule has 0 aliphatic carbocycles. The lowest BCUT2D eigenvalue weighted by molar-refractivity contribution is 0.186. The van der Waals surface area contributed by atoms with Crippen LogP contribution < -0.4 is 0 Å². The first-order valence-electron chi connectivity index (χ1n) is 4.84. The Kier molecular flexibility index (Phi) is 8.40. The summed E-state index contributed by atoms with van der Waals surface area (Å²) in [6.07, 6.45) is 4.82. The monoisotopic (exact) mass is 313 g/mol. The first-order chi connectivity index (χ1) is 6.81. The second-order valence-electron chi connectivity index (χ2n) is 3.42. The topological polar surface area (TPSA) is 19.9 Å². The third kappa shape index (κ3) is 7.36. The fourth-order valence-corrected chi connectivity index (χ4v) is 1.67. The molecule has 6 heteroatoms. The molecular weight excluding hydrogens is 301 g/mol. The SMILES string of the molecule is [O]CCCCCCCC(Cl)(Cl)C(Cl)(Cl)Cl. The molecule has 0 saturated heterocycles. The highest BCUT2D eigenvalue weighted by Gasteiger charge is 2.44. The van der Waals surface area contributed by atoms with E-state index in [0.717, 1.165) is 32.1 Å². The van der Waals surface area contributed by atoms with E-state index in [1.54, 1.807) is 0 Å². The Hall–Kier alpha value is 1.41. The summed E-state index contributed by atoms with van der Waals surface area (Å²) in [7, 11) is 0. The summed E-state index contributed by atoms with van der Waals surface area (Å²) >= 11 is 28.6. The number of hydrogen-bond acceptors (Lipinski definition) is 0. The quantitative estimate of drug-likeness (QED) is 0.449. The molecule has 0 spiro atoms. The second-order valence-corrected chi connectivity index (χ2v) is 7.19. The van der Waals surface area contributed by atoms with Crippen LogP contribution in [0.5, 0.6) is 0 Å². The number of unbranched alkanes of at least 4 members (excludes halogenated alkanes) is 4. The molecule has 0 heterocycles. The summed E-state index contributed by atoms with van der Waals surface area (Å²) in [6.45, 7) is -0.0108. The van der Waals surface area contributed by atoms with Gasteiger partial charge in [0.15, 0.2) is 4.33 Å². The van der Waals surface area contributed by atoms with Gasteiger partial charge in [0.05, 0.1) is 6.61 Å². The molecule has 0 aromatic carbocycles. The van der Waals surface area contributed by atoms with E-state index in [4.69, 9.17) is 58.0 Å². The first-order valence-corrected chi connectivity index (χ1v) is 6.73. The van der Waals surface area contributed by atoms with Crippen molar-refractivity contribution in [3.05, 3.63) is 0 Å². The number of halogens is 5. The van der Waals surface area contributed by atoms with E-state index in [1.807, 2.05) is 0 Å². The normalized spacial score (nSPS) is 13.2. The van der Waals surface area contributed by atoms with Gasteiger partial charge in [-0.2, -0.15) is 0 Å². The van der Waals surface area contributed by atoms with Gasteiger partial charge in [-0.1, -0.05) is 83.7 Å². The van der Waals surface area contributed by atoms with Crippen LogP contribution in [-0.2, 0) is 5.11 Å². The lowest BCUT2D eigenvalue weighted by Gasteiger charge is -2.27. The zero-order valence-corrected chi connectivity index (χ0v) is 12.0. The van der Waals surface area contributed by atoms with Gasteiger partial charge in [0.1, 0.15) is 0 Å². The fraction of sp³-hybridized carbons (Fsp3) is 1.00. The van der Waals surface area contributed by atoms with Gasteiger partial charge in [0.2, 0.25) is 3.79 Å². The molecule has 0 aliphatic heterocycles. The van der Waals surface area contributed by atoms with Gasteiger partial charge in [0.25, 0.3) is 0 Å². The van der Waals surface area contributed by atoms with E-state index in [-0.39, 0.29) is 6.61 Å². The maximum absolute atomic E-state index is 10.2. The average Bonchev–Trinajstić information content (AvgIpc) is 2.09. The standard InChI is InChI=1S/C9H14Cl5O/c10-8(11,9(12,13)14)6-4-2-1-3-5-7-15/h1-7H2. The Labute approximate surface area is 116 Å². The predicted molar refractivity (Wildman–Crippen MR) is 68.0 cm³/mol. The molecule has 1 nitrogen and oxygen atoms in total. The summed E-state index contributed by atoms with van der Waals surface area (Å²) in [4.78, 5) is 0. The highest BCUT2D eigenvalue weighted by Crippen LogP contribution is 2.48. The van der Waals surface area contributed by atoms with Crippen LogP contribution in [-0.4, -0.2) is 14.7 Å². The molecule has 15 heavy (non-hydrogen) atoms. The molecule has 0 atom stereocenters. The van der Waals surface area contributed by atoms with Crippen LogP contribution in [0, 0.1) is 0 Å². The van der Waals surface area contributed by atoms with Crippen molar-refractivity contribution in [2.45, 2.75) is 46.7 Å². The van der Waals surface area contributed by atoms with E-state index < -0.39 is 8.13 Å². The van der Waals surface area contributed by atoms with E-state index in [0.29, 0.717) is 6.42 Å². The van der Waals surface area contributed by atoms with Crippen molar-refractivity contribution in [3.63, 3.8) is 0 Å². The summed E-state index contributed by atoms with van der Waals surface area (Å²) in [6, 6.07) is 0. The molecule has 0 aromatic heterocycles. The second kappa shape index (κ2) is 7.68. The summed E-state index contributed by atoms with van der Waals surface area (Å²) in [5.74, 6) is 0. The molecule has 0 aromatic rings. The van der Waals surface area contributed by atoms with Gasteiger partial charge in [0, 0.05) is 0 Å². The number of rotatable bonds is 7. The minimum absolute atomic E-state index is 0.0108. The third-order valence-corrected chi connectivity index (χ3v) is 4.54. The van der Waals surface area contributed by atoms with Crippen LogP contribution in [0.2, 0.25) is 0 Å². The lowest BCUT2D eigenvalue weighted by atomic mass is 10.1. The average molecular weight is 315 g/mol. The zero-order valence-electron chi connectivity index (χ0n) is 8.25. The van der Waals surface area contributed by atoms with E-state index in [1.165, 1.54) is 0 Å². The molecule has 0 amide bonds. The van der Waals surface area contributed by atoms with Crippen molar-refractivity contribution in [1.82, 2.24) is 0 Å². The van der Waals surface area contributed by atoms with E-state index >= 15 is 0 Å². The Bertz CT molecular complexity index is 166. The molecule has 91 valence electrons. The van der Waals surface area contributed by atoms with Crippen LogP contribution in [0.25, 0.3) is 0 Å². The van der Waals surface area contributed by atoms with Gasteiger partial charge >= 0.3 is 0 Å². The predicted octanol–water partition coefficient (Wildman–Crippen LogP) is 5.30. The van der Waals surface area contributed by atoms with Crippen LogP contribution in [0.4, 0.5) is 0 Å². The number of hydrogen-bond donors (Lipinski definition) is 0. The highest BCUT2D eigenvalue weighted by molar-refractivity contribution is 6.75. The van der Waals surface area contributed by atoms with Gasteiger partial charge in [-0.3, -0.25) is 0 Å². The largest absolute Gasteiger partial charge is 0.237 e. The Morgan fingerprint density at radius 3 is 1.67 bits per heavy atom. The molecule has 0 unspecified atom stereocenters. The van der Waals surface area contributed by atoms with E-state index in [2.05, 4.69) is 0 Å². The van der Waals surface area contributed by atoms with Gasteiger partial charge in [-0.25, -0.2) is 5.11 Å². The van der Waals surface area contributed by atoms with Crippen molar-refractivity contribution in [1.29, 1.82) is 0 Å². The van der Waals surface area contributed by atoms with Crippen molar-refractivity contribution in [3.8, 4) is 0 Å². The molecule has 0 N–H and O–H groups in total. The third-order valence-electron chi connectivity index (χ3n) is 2.05. The van der Waals surface area contributed by atoms with Gasteiger partial charge in [-0.05, 0) is 12.8 Å². The molecule has 0 aliphatic rings. The molecule has 0 fully saturated rings. The van der Waals surface area contributed by atoms with Gasteiger partial charge in [-0.15, -0.1) is 0 Å². The summed E-state index contributed by atoms with van der Waals surface area (Å²) < 4.78 is -3.00. The maximum atomic E-state index is 10.2. The highest BCUT2D eigenvalue weighted by atomic mass is 35.6. The Morgan fingerprint density at radius 2 is 1.20 bits per heavy atom. The van der Waals surface area contributed by atoms with Crippen molar-refractivity contribution in [2.75, 3.05) is 6.61 Å². The van der Waals surface area contributed by atoms with Crippen molar-refractivity contribution in [2.24, 2.45) is 0 Å².